The zero-order valence-corrected chi connectivity index (χ0v) is 14.2. The number of rotatable bonds is 6. The summed E-state index contributed by atoms with van der Waals surface area (Å²) in [4.78, 5) is 0.0563. The summed E-state index contributed by atoms with van der Waals surface area (Å²) >= 11 is 11.2. The maximum Gasteiger partial charge on any atom is 0.261 e. The number of benzene rings is 1. The Morgan fingerprint density at radius 1 is 1.45 bits per heavy atom. The van der Waals surface area contributed by atoms with Crippen molar-refractivity contribution < 1.29 is 13.2 Å². The lowest BCUT2D eigenvalue weighted by molar-refractivity contribution is 0.352. The van der Waals surface area contributed by atoms with Gasteiger partial charge in [0.15, 0.2) is 0 Å². The molecule has 1 aromatic rings. The minimum absolute atomic E-state index is 0.0563. The molecule has 112 valence electrons. The first kappa shape index (κ1) is 17.6. The van der Waals surface area contributed by atoms with Crippen LogP contribution in [0.1, 0.15) is 31.7 Å². The van der Waals surface area contributed by atoms with E-state index in [1.165, 1.54) is 17.7 Å². The highest BCUT2D eigenvalue weighted by molar-refractivity contribution is 8.13. The number of ether oxygens (including phenoxy) is 1. The van der Waals surface area contributed by atoms with E-state index in [1.54, 1.807) is 6.07 Å². The van der Waals surface area contributed by atoms with Crippen LogP contribution in [0.2, 0.25) is 0 Å². The summed E-state index contributed by atoms with van der Waals surface area (Å²) in [5, 5.41) is 0.357. The van der Waals surface area contributed by atoms with E-state index in [0.29, 0.717) is 10.8 Å². The molecule has 0 N–H and O–H groups in total. The Kier molecular flexibility index (Phi) is 6.65. The summed E-state index contributed by atoms with van der Waals surface area (Å²) in [6.45, 7) is 4.11. The van der Waals surface area contributed by atoms with Crippen molar-refractivity contribution >= 4 is 42.9 Å². The van der Waals surface area contributed by atoms with Crippen molar-refractivity contribution in [3.63, 3.8) is 0 Å². The Morgan fingerprint density at radius 2 is 2.10 bits per heavy atom. The molecule has 0 aliphatic heterocycles. The maximum atomic E-state index is 11.4. The molecule has 0 radical (unpaired) electrons. The Morgan fingerprint density at radius 3 is 2.60 bits per heavy atom. The molecule has 0 amide bonds. The molecule has 1 rings (SSSR count). The Hall–Kier alpha value is -0.420. The molecule has 0 bridgehead atoms. The third kappa shape index (κ3) is 4.85. The quantitative estimate of drug-likeness (QED) is 0.685. The summed E-state index contributed by atoms with van der Waals surface area (Å²) in [7, 11) is 1.60. The number of hydrogen-bond donors (Lipinski definition) is 0. The Balaban J connectivity index is 3.17. The lowest BCUT2D eigenvalue weighted by Gasteiger charge is -2.16. The van der Waals surface area contributed by atoms with Gasteiger partial charge in [0.1, 0.15) is 12.4 Å². The summed E-state index contributed by atoms with van der Waals surface area (Å²) in [6.07, 6.45) is 0.835. The van der Waals surface area contributed by atoms with Gasteiger partial charge in [0.05, 0.1) is 9.93 Å². The lowest BCUT2D eigenvalue weighted by atomic mass is 9.98. The van der Waals surface area contributed by atoms with Gasteiger partial charge in [-0.15, -0.1) is 0 Å². The Labute approximate surface area is 133 Å². The van der Waals surface area contributed by atoms with Crippen molar-refractivity contribution in [2.45, 2.75) is 31.1 Å². The second kappa shape index (κ2) is 7.55. The van der Waals surface area contributed by atoms with Gasteiger partial charge in [-0.1, -0.05) is 37.0 Å². The van der Waals surface area contributed by atoms with Crippen molar-refractivity contribution in [2.24, 2.45) is 0 Å². The minimum Gasteiger partial charge on any atom is -0.488 e. The molecule has 1 atom stereocenters. The molecule has 0 spiro atoms. The van der Waals surface area contributed by atoms with E-state index < -0.39 is 9.05 Å². The van der Waals surface area contributed by atoms with Crippen molar-refractivity contribution in [2.75, 3.05) is 6.61 Å². The summed E-state index contributed by atoms with van der Waals surface area (Å²) in [6, 6.07) is 4.52. The van der Waals surface area contributed by atoms with Gasteiger partial charge < -0.3 is 4.74 Å². The van der Waals surface area contributed by atoms with E-state index in [4.69, 9.17) is 38.6 Å². The van der Waals surface area contributed by atoms with Crippen molar-refractivity contribution in [3.8, 4) is 5.75 Å². The maximum absolute atomic E-state index is 11.4. The normalized spacial score (nSPS) is 14.2. The summed E-state index contributed by atoms with van der Waals surface area (Å²) < 4.78 is 28.4. The average Bonchev–Trinajstić information content (AvgIpc) is 2.42. The Bertz CT molecular complexity index is 597. The molecule has 1 unspecified atom stereocenters. The van der Waals surface area contributed by atoms with Crippen molar-refractivity contribution in [1.82, 2.24) is 0 Å². The van der Waals surface area contributed by atoms with E-state index in [0.717, 1.165) is 12.0 Å². The predicted octanol–water partition coefficient (Wildman–Crippen LogP) is 4.83. The molecule has 1 aromatic carbocycles. The fraction of sp³-hybridized carbons (Fsp3) is 0.385. The van der Waals surface area contributed by atoms with Crippen LogP contribution in [0.5, 0.6) is 5.75 Å². The highest BCUT2D eigenvalue weighted by Gasteiger charge is 2.17. The average molecular weight is 358 g/mol. The van der Waals surface area contributed by atoms with Gasteiger partial charge in [-0.2, -0.15) is 0 Å². The van der Waals surface area contributed by atoms with Gasteiger partial charge in [0.2, 0.25) is 0 Å². The van der Waals surface area contributed by atoms with Crippen LogP contribution >= 0.6 is 33.9 Å². The van der Waals surface area contributed by atoms with E-state index in [9.17, 15) is 8.42 Å². The van der Waals surface area contributed by atoms with Gasteiger partial charge >= 0.3 is 0 Å². The van der Waals surface area contributed by atoms with Crippen LogP contribution in [0.3, 0.4) is 0 Å². The largest absolute Gasteiger partial charge is 0.488 e. The second-order valence-corrected chi connectivity index (χ2v) is 7.56. The van der Waals surface area contributed by atoms with Crippen molar-refractivity contribution in [3.05, 3.63) is 34.3 Å². The van der Waals surface area contributed by atoms with Crippen LogP contribution in [0, 0.1) is 0 Å². The van der Waals surface area contributed by atoms with Crippen LogP contribution in [0.4, 0.5) is 0 Å². The van der Waals surface area contributed by atoms with Crippen LogP contribution in [0.15, 0.2) is 33.7 Å². The molecule has 0 saturated carbocycles. The highest BCUT2D eigenvalue weighted by Crippen LogP contribution is 2.32. The first-order valence-electron chi connectivity index (χ1n) is 5.95. The zero-order valence-electron chi connectivity index (χ0n) is 11.1. The lowest BCUT2D eigenvalue weighted by Crippen LogP contribution is -2.04. The SMILES string of the molecule is CCC(C)c1cc(S(=O)(=O)Cl)ccc1OC/C(Cl)=C/Cl. The van der Waals surface area contributed by atoms with Crippen LogP contribution in [-0.4, -0.2) is 15.0 Å². The van der Waals surface area contributed by atoms with E-state index in [-0.39, 0.29) is 17.4 Å². The highest BCUT2D eigenvalue weighted by atomic mass is 35.7. The molecule has 0 heterocycles. The first-order valence-corrected chi connectivity index (χ1v) is 9.08. The number of halogens is 3. The van der Waals surface area contributed by atoms with E-state index in [1.807, 2.05) is 13.8 Å². The molecule has 0 aliphatic rings. The molecule has 0 fully saturated rings. The van der Waals surface area contributed by atoms with Crippen LogP contribution in [0.25, 0.3) is 0 Å². The van der Waals surface area contributed by atoms with Crippen LogP contribution < -0.4 is 4.74 Å². The van der Waals surface area contributed by atoms with Crippen molar-refractivity contribution in [1.29, 1.82) is 0 Å². The van der Waals surface area contributed by atoms with E-state index >= 15 is 0 Å². The minimum atomic E-state index is -3.76. The predicted molar refractivity (Wildman–Crippen MR) is 83.5 cm³/mol. The van der Waals surface area contributed by atoms with Gasteiger partial charge in [0, 0.05) is 16.2 Å². The first-order chi connectivity index (χ1) is 9.29. The molecule has 0 aromatic heterocycles. The fourth-order valence-corrected chi connectivity index (χ4v) is 2.50. The zero-order chi connectivity index (χ0) is 15.3. The molecule has 0 saturated heterocycles. The monoisotopic (exact) mass is 356 g/mol. The van der Waals surface area contributed by atoms with Gasteiger partial charge in [-0.05, 0) is 36.1 Å². The topological polar surface area (TPSA) is 43.4 Å². The van der Waals surface area contributed by atoms with Crippen LogP contribution in [-0.2, 0) is 9.05 Å². The smallest absolute Gasteiger partial charge is 0.261 e. The molecule has 20 heavy (non-hydrogen) atoms. The second-order valence-electron chi connectivity index (χ2n) is 4.29. The van der Waals surface area contributed by atoms with Gasteiger partial charge in [-0.25, -0.2) is 8.42 Å². The molecule has 3 nitrogen and oxygen atoms in total. The number of hydrogen-bond acceptors (Lipinski definition) is 3. The summed E-state index contributed by atoms with van der Waals surface area (Å²) in [5.74, 6) is 0.696. The molecular weight excluding hydrogens is 343 g/mol. The molecular formula is C13H15Cl3O3S. The van der Waals surface area contributed by atoms with E-state index in [2.05, 4.69) is 0 Å². The fourth-order valence-electron chi connectivity index (χ4n) is 1.59. The standard InChI is InChI=1S/C13H15Cl3O3S/c1-3-9(2)12-6-11(20(16,17)18)4-5-13(12)19-8-10(15)7-14/h4-7,9H,3,8H2,1-2H3/b10-7-. The third-order valence-electron chi connectivity index (χ3n) is 2.89. The summed E-state index contributed by atoms with van der Waals surface area (Å²) in [5.41, 5.74) is 2.00. The van der Waals surface area contributed by atoms with Gasteiger partial charge in [0.25, 0.3) is 9.05 Å². The van der Waals surface area contributed by atoms with Gasteiger partial charge in [-0.3, -0.25) is 0 Å². The molecule has 7 heteroatoms. The molecule has 0 aliphatic carbocycles. The third-order valence-corrected chi connectivity index (χ3v) is 4.83.